The fourth-order valence-corrected chi connectivity index (χ4v) is 3.83. The largest absolute Gasteiger partial charge is 0.491 e. The third-order valence-corrected chi connectivity index (χ3v) is 5.36. The first-order valence-electron chi connectivity index (χ1n) is 7.78. The molecule has 1 aliphatic heterocycles. The predicted molar refractivity (Wildman–Crippen MR) is 82.0 cm³/mol. The van der Waals surface area contributed by atoms with Crippen LogP contribution in [0.25, 0.3) is 0 Å². The number of rotatable bonds is 4. The minimum atomic E-state index is -0.236. The van der Waals surface area contributed by atoms with E-state index >= 15 is 0 Å². The van der Waals surface area contributed by atoms with E-state index in [9.17, 15) is 9.90 Å². The van der Waals surface area contributed by atoms with Crippen molar-refractivity contribution in [3.8, 4) is 5.75 Å². The van der Waals surface area contributed by atoms with Gasteiger partial charge >= 0.3 is 0 Å². The summed E-state index contributed by atoms with van der Waals surface area (Å²) in [5.41, 5.74) is 0.733. The third kappa shape index (κ3) is 2.55. The highest BCUT2D eigenvalue weighted by atomic mass is 16.5. The van der Waals surface area contributed by atoms with Crippen molar-refractivity contribution in [1.82, 2.24) is 9.88 Å². The molecule has 0 amide bonds. The smallest absolute Gasteiger partial charge is 0.223 e. The number of nitrogens with one attached hydrogen (secondary N) is 1. The summed E-state index contributed by atoms with van der Waals surface area (Å²) < 4.78 is 10.5. The molecule has 122 valence electrons. The maximum atomic E-state index is 11.8. The predicted octanol–water partition coefficient (Wildman–Crippen LogP) is 0.745. The molecular weight excluding hydrogens is 284 g/mol. The molecule has 2 fully saturated rings. The molecule has 2 heterocycles. The number of aliphatic hydroxyl groups is 1. The number of likely N-dealkylation sites (tertiary alicyclic amines) is 1. The first kappa shape index (κ1) is 15.5. The van der Waals surface area contributed by atoms with Gasteiger partial charge in [-0.3, -0.25) is 9.69 Å². The van der Waals surface area contributed by atoms with Crippen LogP contribution in [0.3, 0.4) is 0 Å². The Balaban J connectivity index is 1.60. The van der Waals surface area contributed by atoms with Crippen LogP contribution in [0.5, 0.6) is 5.75 Å². The average molecular weight is 308 g/mol. The van der Waals surface area contributed by atoms with Crippen molar-refractivity contribution in [2.75, 3.05) is 27.3 Å². The van der Waals surface area contributed by atoms with Crippen LogP contribution >= 0.6 is 0 Å². The molecule has 3 rings (SSSR count). The van der Waals surface area contributed by atoms with E-state index in [-0.39, 0.29) is 23.1 Å². The summed E-state index contributed by atoms with van der Waals surface area (Å²) in [4.78, 5) is 17.2. The van der Waals surface area contributed by atoms with E-state index in [0.29, 0.717) is 12.3 Å². The number of aliphatic hydroxyl groups excluding tert-OH is 1. The number of aromatic amines is 1. The molecule has 6 heteroatoms. The van der Waals surface area contributed by atoms with Gasteiger partial charge in [0.15, 0.2) is 5.75 Å². The summed E-state index contributed by atoms with van der Waals surface area (Å²) in [5.74, 6) is 0.335. The van der Waals surface area contributed by atoms with Crippen LogP contribution in [-0.4, -0.2) is 54.5 Å². The first-order valence-corrected chi connectivity index (χ1v) is 7.78. The average Bonchev–Trinajstić information content (AvgIpc) is 2.53. The third-order valence-electron chi connectivity index (χ3n) is 5.36. The van der Waals surface area contributed by atoms with Crippen molar-refractivity contribution in [3.63, 3.8) is 0 Å². The van der Waals surface area contributed by atoms with E-state index in [2.05, 4.69) is 9.88 Å². The van der Waals surface area contributed by atoms with Gasteiger partial charge in [0, 0.05) is 43.4 Å². The van der Waals surface area contributed by atoms with Gasteiger partial charge in [0.1, 0.15) is 0 Å². The molecule has 1 aromatic rings. The Bertz CT molecular complexity index is 578. The van der Waals surface area contributed by atoms with Crippen molar-refractivity contribution in [1.29, 1.82) is 0 Å². The van der Waals surface area contributed by atoms with E-state index in [1.54, 1.807) is 19.4 Å². The SMILES string of the molecule is COc1c[nH]c(CN2CCC3(CC2)[C@H](O)C[C@@H]3OC)cc1=O. The quantitative estimate of drug-likeness (QED) is 0.858. The number of aromatic nitrogens is 1. The zero-order valence-corrected chi connectivity index (χ0v) is 13.2. The summed E-state index contributed by atoms with van der Waals surface area (Å²) in [6.45, 7) is 2.53. The Hall–Kier alpha value is -1.37. The zero-order chi connectivity index (χ0) is 15.7. The van der Waals surface area contributed by atoms with E-state index in [4.69, 9.17) is 9.47 Å². The van der Waals surface area contributed by atoms with Gasteiger partial charge in [0.2, 0.25) is 5.43 Å². The maximum absolute atomic E-state index is 11.8. The molecule has 22 heavy (non-hydrogen) atoms. The fraction of sp³-hybridized carbons (Fsp3) is 0.688. The second-order valence-electron chi connectivity index (χ2n) is 6.38. The van der Waals surface area contributed by atoms with E-state index in [1.165, 1.54) is 7.11 Å². The molecule has 1 saturated heterocycles. The molecule has 1 spiro atoms. The van der Waals surface area contributed by atoms with Crippen LogP contribution in [0.1, 0.15) is 25.0 Å². The number of pyridine rings is 1. The van der Waals surface area contributed by atoms with Gasteiger partial charge in [-0.25, -0.2) is 0 Å². The number of nitrogens with zero attached hydrogens (tertiary/aromatic N) is 1. The van der Waals surface area contributed by atoms with Gasteiger partial charge in [0.25, 0.3) is 0 Å². The number of hydrogen-bond acceptors (Lipinski definition) is 5. The Morgan fingerprint density at radius 3 is 2.68 bits per heavy atom. The highest BCUT2D eigenvalue weighted by Crippen LogP contribution is 2.50. The molecule has 1 saturated carbocycles. The minimum Gasteiger partial charge on any atom is -0.491 e. The van der Waals surface area contributed by atoms with Crippen molar-refractivity contribution < 1.29 is 14.6 Å². The van der Waals surface area contributed by atoms with Crippen LogP contribution in [0.4, 0.5) is 0 Å². The number of H-pyrrole nitrogens is 1. The van der Waals surface area contributed by atoms with Crippen LogP contribution in [-0.2, 0) is 11.3 Å². The van der Waals surface area contributed by atoms with Crippen molar-refractivity contribution in [3.05, 3.63) is 28.2 Å². The molecular formula is C16H24N2O4. The van der Waals surface area contributed by atoms with Crippen LogP contribution in [0.2, 0.25) is 0 Å². The lowest BCUT2D eigenvalue weighted by atomic mass is 9.58. The topological polar surface area (TPSA) is 74.8 Å². The summed E-state index contributed by atoms with van der Waals surface area (Å²) in [7, 11) is 3.22. The van der Waals surface area contributed by atoms with Crippen LogP contribution < -0.4 is 10.2 Å². The number of ether oxygens (including phenoxy) is 2. The highest BCUT2D eigenvalue weighted by Gasteiger charge is 2.55. The first-order chi connectivity index (χ1) is 10.6. The second kappa shape index (κ2) is 6.02. The molecule has 2 atom stereocenters. The zero-order valence-electron chi connectivity index (χ0n) is 13.2. The van der Waals surface area contributed by atoms with Crippen LogP contribution in [0.15, 0.2) is 17.1 Å². The maximum Gasteiger partial charge on any atom is 0.223 e. The molecule has 2 N–H and O–H groups in total. The van der Waals surface area contributed by atoms with Gasteiger partial charge in [-0.05, 0) is 25.9 Å². The summed E-state index contributed by atoms with van der Waals surface area (Å²) in [6.07, 6.45) is 4.19. The number of hydrogen-bond donors (Lipinski definition) is 2. The molecule has 0 bridgehead atoms. The Morgan fingerprint density at radius 1 is 1.41 bits per heavy atom. The lowest BCUT2D eigenvalue weighted by Gasteiger charge is -2.56. The minimum absolute atomic E-state index is 0.0570. The molecule has 0 aromatic carbocycles. The van der Waals surface area contributed by atoms with E-state index < -0.39 is 0 Å². The normalized spacial score (nSPS) is 27.6. The Kier molecular flexibility index (Phi) is 4.25. The molecule has 1 aromatic heterocycles. The lowest BCUT2D eigenvalue weighted by molar-refractivity contribution is -0.201. The van der Waals surface area contributed by atoms with E-state index in [1.807, 2.05) is 0 Å². The number of piperidine rings is 1. The second-order valence-corrected chi connectivity index (χ2v) is 6.38. The Labute approximate surface area is 130 Å². The molecule has 2 aliphatic rings. The molecule has 0 unspecified atom stereocenters. The van der Waals surface area contributed by atoms with Crippen molar-refractivity contribution in [2.45, 2.75) is 38.0 Å². The van der Waals surface area contributed by atoms with E-state index in [0.717, 1.165) is 38.0 Å². The Morgan fingerprint density at radius 2 is 2.14 bits per heavy atom. The van der Waals surface area contributed by atoms with Gasteiger partial charge in [-0.15, -0.1) is 0 Å². The van der Waals surface area contributed by atoms with Crippen molar-refractivity contribution in [2.24, 2.45) is 5.41 Å². The van der Waals surface area contributed by atoms with Crippen molar-refractivity contribution >= 4 is 0 Å². The summed E-state index contributed by atoms with van der Waals surface area (Å²) in [6, 6.07) is 1.60. The van der Waals surface area contributed by atoms with Gasteiger partial charge < -0.3 is 19.6 Å². The summed E-state index contributed by atoms with van der Waals surface area (Å²) in [5, 5.41) is 10.1. The number of methoxy groups -OCH3 is 2. The highest BCUT2D eigenvalue weighted by molar-refractivity contribution is 5.20. The molecule has 1 aliphatic carbocycles. The fourth-order valence-electron chi connectivity index (χ4n) is 3.83. The lowest BCUT2D eigenvalue weighted by Crippen LogP contribution is -2.61. The standard InChI is InChI=1S/C16H24N2O4/c1-21-13-9-17-11(7-12(13)19)10-18-5-3-16(4-6-18)14(20)8-15(16)22-2/h7,9,14-15,20H,3-6,8,10H2,1-2H3,(H,17,19)/t14-,15+/m1/s1. The molecule has 0 radical (unpaired) electrons. The summed E-state index contributed by atoms with van der Waals surface area (Å²) >= 11 is 0. The monoisotopic (exact) mass is 308 g/mol. The molecule has 6 nitrogen and oxygen atoms in total. The van der Waals surface area contributed by atoms with Gasteiger partial charge in [0.05, 0.1) is 19.3 Å². The van der Waals surface area contributed by atoms with Crippen LogP contribution in [0, 0.1) is 5.41 Å². The van der Waals surface area contributed by atoms with Gasteiger partial charge in [-0.2, -0.15) is 0 Å². The van der Waals surface area contributed by atoms with Gasteiger partial charge in [-0.1, -0.05) is 0 Å².